The smallest absolute Gasteiger partial charge is 0.251 e. The number of benzene rings is 1. The minimum atomic E-state index is -0.457. The van der Waals surface area contributed by atoms with E-state index in [-0.39, 0.29) is 0 Å². The Balaban J connectivity index is 1.81. The molecule has 25 heavy (non-hydrogen) atoms. The summed E-state index contributed by atoms with van der Waals surface area (Å²) in [7, 11) is 0. The van der Waals surface area contributed by atoms with E-state index in [1.165, 1.54) is 11.1 Å². The maximum Gasteiger partial charge on any atom is 0.251 e. The monoisotopic (exact) mass is 353 g/mol. The number of pyridine rings is 1. The number of rotatable bonds is 4. The van der Waals surface area contributed by atoms with Gasteiger partial charge < -0.3 is 10.3 Å². The summed E-state index contributed by atoms with van der Waals surface area (Å²) in [5.74, 6) is -0.457. The Labute approximate surface area is 153 Å². The molecule has 3 rings (SSSR count). The number of aromatic nitrogens is 1. The lowest BCUT2D eigenvalue weighted by molar-refractivity contribution is 0.0997. The SMILES string of the molecule is Cc1cc(C)n(CN2CC=C(c3ccccc3)CC2)c(=S)c1C(N)=O. The van der Waals surface area contributed by atoms with E-state index in [4.69, 9.17) is 18.0 Å². The molecule has 0 fully saturated rings. The van der Waals surface area contributed by atoms with Gasteiger partial charge >= 0.3 is 0 Å². The first-order valence-electron chi connectivity index (χ1n) is 8.45. The van der Waals surface area contributed by atoms with Crippen molar-refractivity contribution >= 4 is 23.7 Å². The Morgan fingerprint density at radius 3 is 2.56 bits per heavy atom. The highest BCUT2D eigenvalue weighted by Crippen LogP contribution is 2.23. The van der Waals surface area contributed by atoms with Crippen LogP contribution in [0.15, 0.2) is 42.5 Å². The quantitative estimate of drug-likeness (QED) is 0.853. The first kappa shape index (κ1) is 17.6. The molecule has 0 spiro atoms. The third kappa shape index (κ3) is 3.72. The third-order valence-electron chi connectivity index (χ3n) is 4.73. The molecule has 2 N–H and O–H groups in total. The Morgan fingerprint density at radius 2 is 1.96 bits per heavy atom. The van der Waals surface area contributed by atoms with Crippen LogP contribution in [-0.2, 0) is 6.67 Å². The molecule has 1 amide bonds. The molecule has 0 aliphatic carbocycles. The largest absolute Gasteiger partial charge is 0.365 e. The number of amides is 1. The van der Waals surface area contributed by atoms with Gasteiger partial charge in [0.1, 0.15) is 4.64 Å². The van der Waals surface area contributed by atoms with Gasteiger partial charge in [-0.3, -0.25) is 9.69 Å². The molecule has 1 aromatic carbocycles. The summed E-state index contributed by atoms with van der Waals surface area (Å²) in [6.07, 6.45) is 3.28. The predicted octanol–water partition coefficient (Wildman–Crippen LogP) is 3.68. The average molecular weight is 353 g/mol. The minimum absolute atomic E-state index is 0.457. The molecule has 5 heteroatoms. The first-order chi connectivity index (χ1) is 12.0. The van der Waals surface area contributed by atoms with Crippen molar-refractivity contribution < 1.29 is 4.79 Å². The van der Waals surface area contributed by atoms with Crippen LogP contribution in [0.5, 0.6) is 0 Å². The van der Waals surface area contributed by atoms with E-state index >= 15 is 0 Å². The van der Waals surface area contributed by atoms with Crippen LogP contribution in [0, 0.1) is 18.5 Å². The van der Waals surface area contributed by atoms with E-state index in [2.05, 4.69) is 35.2 Å². The highest BCUT2D eigenvalue weighted by molar-refractivity contribution is 7.71. The van der Waals surface area contributed by atoms with Gasteiger partial charge in [-0.15, -0.1) is 0 Å². The predicted molar refractivity (Wildman–Crippen MR) is 104 cm³/mol. The average Bonchev–Trinajstić information content (AvgIpc) is 2.59. The number of primary amides is 1. The molecule has 1 aromatic heterocycles. The second-order valence-corrected chi connectivity index (χ2v) is 6.89. The molecule has 0 radical (unpaired) electrons. The summed E-state index contributed by atoms with van der Waals surface area (Å²) in [6.45, 7) is 6.39. The molecule has 0 bridgehead atoms. The van der Waals surface area contributed by atoms with E-state index in [0.29, 0.717) is 16.9 Å². The molecule has 1 aliphatic heterocycles. The molecular formula is C20H23N3OS. The van der Waals surface area contributed by atoms with Crippen molar-refractivity contribution in [3.63, 3.8) is 0 Å². The van der Waals surface area contributed by atoms with E-state index in [9.17, 15) is 4.79 Å². The number of aryl methyl sites for hydroxylation is 2. The van der Waals surface area contributed by atoms with Crippen molar-refractivity contribution in [1.82, 2.24) is 9.47 Å². The molecule has 130 valence electrons. The fourth-order valence-corrected chi connectivity index (χ4v) is 3.82. The van der Waals surface area contributed by atoms with Gasteiger partial charge in [0.05, 0.1) is 12.2 Å². The fourth-order valence-electron chi connectivity index (χ4n) is 3.36. The molecule has 2 heterocycles. The van der Waals surface area contributed by atoms with Crippen molar-refractivity contribution in [1.29, 1.82) is 0 Å². The van der Waals surface area contributed by atoms with Gasteiger partial charge in [-0.1, -0.05) is 48.6 Å². The van der Waals surface area contributed by atoms with Crippen molar-refractivity contribution in [3.05, 3.63) is 69.5 Å². The lowest BCUT2D eigenvalue weighted by Crippen LogP contribution is -2.32. The Bertz CT molecular complexity index is 884. The number of hydrogen-bond acceptors (Lipinski definition) is 3. The zero-order valence-corrected chi connectivity index (χ0v) is 15.5. The second-order valence-electron chi connectivity index (χ2n) is 6.50. The summed E-state index contributed by atoms with van der Waals surface area (Å²) in [5, 5.41) is 0. The van der Waals surface area contributed by atoms with Gasteiger partial charge in [0.2, 0.25) is 0 Å². The lowest BCUT2D eigenvalue weighted by Gasteiger charge is -2.28. The van der Waals surface area contributed by atoms with Crippen LogP contribution in [0.25, 0.3) is 5.57 Å². The zero-order valence-electron chi connectivity index (χ0n) is 14.7. The van der Waals surface area contributed by atoms with E-state index in [1.807, 2.05) is 30.5 Å². The van der Waals surface area contributed by atoms with Gasteiger partial charge in [0.15, 0.2) is 0 Å². The van der Waals surface area contributed by atoms with Gasteiger partial charge in [-0.25, -0.2) is 0 Å². The molecule has 0 unspecified atom stereocenters. The number of nitrogens with two attached hydrogens (primary N) is 1. The summed E-state index contributed by atoms with van der Waals surface area (Å²) in [5.41, 5.74) is 10.5. The standard InChI is InChI=1S/C20H23N3OS/c1-14-12-15(2)23(20(25)18(14)19(21)24)13-22-10-8-17(9-11-22)16-6-4-3-5-7-16/h3-8,12H,9-11,13H2,1-2H3,(H2,21,24). The Kier molecular flexibility index (Phi) is 5.16. The molecule has 0 saturated heterocycles. The Morgan fingerprint density at radius 1 is 1.24 bits per heavy atom. The summed E-state index contributed by atoms with van der Waals surface area (Å²) < 4.78 is 2.53. The topological polar surface area (TPSA) is 51.3 Å². The van der Waals surface area contributed by atoms with Crippen molar-refractivity contribution in [3.8, 4) is 0 Å². The lowest BCUT2D eigenvalue weighted by atomic mass is 10.00. The van der Waals surface area contributed by atoms with Gasteiger partial charge in [0, 0.05) is 18.8 Å². The highest BCUT2D eigenvalue weighted by atomic mass is 32.1. The molecule has 4 nitrogen and oxygen atoms in total. The summed E-state index contributed by atoms with van der Waals surface area (Å²) >= 11 is 5.53. The van der Waals surface area contributed by atoms with Crippen LogP contribution in [0.1, 0.15) is 33.6 Å². The summed E-state index contributed by atoms with van der Waals surface area (Å²) in [6, 6.07) is 12.5. The maximum atomic E-state index is 11.7. The van der Waals surface area contributed by atoms with Gasteiger partial charge in [0.25, 0.3) is 5.91 Å². The van der Waals surface area contributed by atoms with Crippen LogP contribution in [-0.4, -0.2) is 28.5 Å². The molecule has 0 saturated carbocycles. The van der Waals surface area contributed by atoms with Gasteiger partial charge in [-0.2, -0.15) is 0 Å². The maximum absolute atomic E-state index is 11.7. The van der Waals surface area contributed by atoms with E-state index in [1.54, 1.807) is 0 Å². The van der Waals surface area contributed by atoms with E-state index in [0.717, 1.165) is 30.8 Å². The van der Waals surface area contributed by atoms with Crippen molar-refractivity contribution in [2.24, 2.45) is 5.73 Å². The molecular weight excluding hydrogens is 330 g/mol. The normalized spacial score (nSPS) is 15.0. The Hall–Kier alpha value is -2.24. The van der Waals surface area contributed by atoms with Crippen LogP contribution >= 0.6 is 12.2 Å². The second kappa shape index (κ2) is 7.33. The third-order valence-corrected chi connectivity index (χ3v) is 5.15. The minimum Gasteiger partial charge on any atom is -0.365 e. The zero-order chi connectivity index (χ0) is 18.0. The van der Waals surface area contributed by atoms with Crippen LogP contribution < -0.4 is 5.73 Å². The first-order valence-corrected chi connectivity index (χ1v) is 8.86. The molecule has 0 atom stereocenters. The molecule has 1 aliphatic rings. The van der Waals surface area contributed by atoms with Crippen LogP contribution in [0.3, 0.4) is 0 Å². The summed E-state index contributed by atoms with van der Waals surface area (Å²) in [4.78, 5) is 14.0. The van der Waals surface area contributed by atoms with E-state index < -0.39 is 5.91 Å². The number of hydrogen-bond donors (Lipinski definition) is 1. The fraction of sp³-hybridized carbons (Fsp3) is 0.300. The number of carbonyl (C=O) groups is 1. The van der Waals surface area contributed by atoms with Gasteiger partial charge in [-0.05, 0) is 43.0 Å². The van der Waals surface area contributed by atoms with Crippen LogP contribution in [0.4, 0.5) is 0 Å². The van der Waals surface area contributed by atoms with Crippen molar-refractivity contribution in [2.75, 3.05) is 13.1 Å². The molecule has 2 aromatic rings. The number of nitrogens with zero attached hydrogens (tertiary/aromatic N) is 2. The van der Waals surface area contributed by atoms with Crippen LogP contribution in [0.2, 0.25) is 0 Å². The van der Waals surface area contributed by atoms with Crippen molar-refractivity contribution in [2.45, 2.75) is 26.9 Å². The highest BCUT2D eigenvalue weighted by Gasteiger charge is 2.16. The number of carbonyl (C=O) groups excluding carboxylic acids is 1.